The van der Waals surface area contributed by atoms with Crippen LogP contribution in [0, 0.1) is 6.92 Å². The molecule has 1 unspecified atom stereocenters. The highest BCUT2D eigenvalue weighted by Gasteiger charge is 2.32. The summed E-state index contributed by atoms with van der Waals surface area (Å²) in [6, 6.07) is 12.5. The SMILES string of the molecule is CCC1Nc2ccc(Cl)cc2C(=O)N1NC(=O)COc1ccc(C)cc1. The first kappa shape index (κ1) is 18.1. The van der Waals surface area contributed by atoms with Crippen LogP contribution in [0.5, 0.6) is 5.75 Å². The highest BCUT2D eigenvalue weighted by Crippen LogP contribution is 2.28. The van der Waals surface area contributed by atoms with Crippen molar-refractivity contribution in [1.82, 2.24) is 10.4 Å². The maximum Gasteiger partial charge on any atom is 0.276 e. The summed E-state index contributed by atoms with van der Waals surface area (Å²) in [6.45, 7) is 3.71. The van der Waals surface area contributed by atoms with Crippen molar-refractivity contribution in [3.05, 3.63) is 58.6 Å². The van der Waals surface area contributed by atoms with E-state index in [4.69, 9.17) is 16.3 Å². The monoisotopic (exact) mass is 373 g/mol. The van der Waals surface area contributed by atoms with Crippen LogP contribution < -0.4 is 15.5 Å². The maximum atomic E-state index is 12.8. The minimum Gasteiger partial charge on any atom is -0.484 e. The predicted octanol–water partition coefficient (Wildman–Crippen LogP) is 3.36. The van der Waals surface area contributed by atoms with E-state index in [1.807, 2.05) is 26.0 Å². The van der Waals surface area contributed by atoms with Gasteiger partial charge in [-0.05, 0) is 43.7 Å². The van der Waals surface area contributed by atoms with E-state index < -0.39 is 5.91 Å². The number of nitrogens with one attached hydrogen (secondary N) is 2. The first-order valence-electron chi connectivity index (χ1n) is 8.36. The average molecular weight is 374 g/mol. The van der Waals surface area contributed by atoms with Crippen molar-refractivity contribution in [3.8, 4) is 5.75 Å². The number of halogens is 1. The molecule has 0 aromatic heterocycles. The number of anilines is 1. The number of aryl methyl sites for hydroxylation is 1. The van der Waals surface area contributed by atoms with Gasteiger partial charge in [-0.2, -0.15) is 0 Å². The van der Waals surface area contributed by atoms with E-state index in [2.05, 4.69) is 10.7 Å². The summed E-state index contributed by atoms with van der Waals surface area (Å²) >= 11 is 5.99. The Morgan fingerprint density at radius 3 is 2.69 bits per heavy atom. The Labute approximate surface area is 157 Å². The zero-order chi connectivity index (χ0) is 18.7. The van der Waals surface area contributed by atoms with E-state index in [0.717, 1.165) is 5.56 Å². The van der Waals surface area contributed by atoms with Crippen molar-refractivity contribution in [1.29, 1.82) is 0 Å². The Bertz CT molecular complexity index is 823. The summed E-state index contributed by atoms with van der Waals surface area (Å²) in [5, 5.41) is 4.98. The average Bonchev–Trinajstić information content (AvgIpc) is 2.64. The molecule has 0 saturated heterocycles. The van der Waals surface area contributed by atoms with E-state index in [-0.39, 0.29) is 18.7 Å². The molecule has 26 heavy (non-hydrogen) atoms. The van der Waals surface area contributed by atoms with E-state index in [1.54, 1.807) is 30.3 Å². The van der Waals surface area contributed by atoms with Gasteiger partial charge < -0.3 is 10.1 Å². The number of fused-ring (bicyclic) bond motifs is 1. The van der Waals surface area contributed by atoms with E-state index in [1.165, 1.54) is 5.01 Å². The Hall–Kier alpha value is -2.73. The lowest BCUT2D eigenvalue weighted by Crippen LogP contribution is -2.57. The van der Waals surface area contributed by atoms with Gasteiger partial charge in [-0.3, -0.25) is 15.0 Å². The highest BCUT2D eigenvalue weighted by molar-refractivity contribution is 6.31. The smallest absolute Gasteiger partial charge is 0.276 e. The minimum absolute atomic E-state index is 0.189. The van der Waals surface area contributed by atoms with Crippen LogP contribution in [0.1, 0.15) is 29.3 Å². The summed E-state index contributed by atoms with van der Waals surface area (Å²) in [5.74, 6) is -0.126. The number of ether oxygens (including phenoxy) is 1. The van der Waals surface area contributed by atoms with Crippen molar-refractivity contribution < 1.29 is 14.3 Å². The number of hydrogen-bond donors (Lipinski definition) is 2. The van der Waals surface area contributed by atoms with Crippen LogP contribution >= 0.6 is 11.6 Å². The van der Waals surface area contributed by atoms with Gasteiger partial charge in [-0.25, -0.2) is 5.01 Å². The molecule has 0 spiro atoms. The molecule has 1 aliphatic heterocycles. The summed E-state index contributed by atoms with van der Waals surface area (Å²) in [4.78, 5) is 25.0. The van der Waals surface area contributed by atoms with Crippen molar-refractivity contribution in [2.24, 2.45) is 0 Å². The molecular formula is C19H20ClN3O3. The van der Waals surface area contributed by atoms with E-state index in [9.17, 15) is 9.59 Å². The van der Waals surface area contributed by atoms with Crippen LogP contribution in [0.4, 0.5) is 5.69 Å². The van der Waals surface area contributed by atoms with E-state index >= 15 is 0 Å². The molecule has 0 bridgehead atoms. The lowest BCUT2D eigenvalue weighted by molar-refractivity contribution is -0.127. The van der Waals surface area contributed by atoms with Crippen molar-refractivity contribution in [2.75, 3.05) is 11.9 Å². The first-order valence-corrected chi connectivity index (χ1v) is 8.74. The van der Waals surface area contributed by atoms with Crippen LogP contribution in [-0.2, 0) is 4.79 Å². The first-order chi connectivity index (χ1) is 12.5. The molecule has 2 aromatic carbocycles. The van der Waals surface area contributed by atoms with Gasteiger partial charge in [0.15, 0.2) is 6.61 Å². The quantitative estimate of drug-likeness (QED) is 0.843. The Morgan fingerprint density at radius 2 is 2.00 bits per heavy atom. The van der Waals surface area contributed by atoms with Crippen LogP contribution in [-0.4, -0.2) is 29.6 Å². The van der Waals surface area contributed by atoms with Gasteiger partial charge in [0.1, 0.15) is 11.9 Å². The lowest BCUT2D eigenvalue weighted by atomic mass is 10.1. The van der Waals surface area contributed by atoms with Gasteiger partial charge in [-0.1, -0.05) is 36.2 Å². The van der Waals surface area contributed by atoms with Gasteiger partial charge in [0, 0.05) is 10.7 Å². The maximum absolute atomic E-state index is 12.8. The van der Waals surface area contributed by atoms with Crippen LogP contribution in [0.3, 0.4) is 0 Å². The molecule has 2 amide bonds. The second-order valence-corrected chi connectivity index (χ2v) is 6.51. The molecule has 6 nitrogen and oxygen atoms in total. The number of rotatable bonds is 5. The van der Waals surface area contributed by atoms with Gasteiger partial charge in [0.25, 0.3) is 11.8 Å². The topological polar surface area (TPSA) is 70.7 Å². The molecule has 1 aliphatic rings. The minimum atomic E-state index is -0.412. The summed E-state index contributed by atoms with van der Waals surface area (Å²) in [6.07, 6.45) is 0.270. The summed E-state index contributed by atoms with van der Waals surface area (Å²) in [5.41, 5.74) is 4.85. The third kappa shape index (κ3) is 3.91. The zero-order valence-electron chi connectivity index (χ0n) is 14.6. The molecule has 2 N–H and O–H groups in total. The molecule has 0 fully saturated rings. The van der Waals surface area contributed by atoms with Crippen molar-refractivity contribution in [2.45, 2.75) is 26.4 Å². The number of amides is 2. The number of hydrogen-bond acceptors (Lipinski definition) is 4. The lowest BCUT2D eigenvalue weighted by Gasteiger charge is -2.37. The summed E-state index contributed by atoms with van der Waals surface area (Å²) in [7, 11) is 0. The standard InChI is InChI=1S/C19H20ClN3O3/c1-3-17-21-16-9-6-13(20)10-15(16)19(25)23(17)22-18(24)11-26-14-7-4-12(2)5-8-14/h4-10,17,21H,3,11H2,1-2H3,(H,22,24). The fourth-order valence-corrected chi connectivity index (χ4v) is 2.87. The second kappa shape index (κ2) is 7.66. The molecule has 1 heterocycles. The molecular weight excluding hydrogens is 354 g/mol. The number of nitrogens with zero attached hydrogens (tertiary/aromatic N) is 1. The number of hydrazine groups is 1. The number of carbonyl (C=O) groups is 2. The molecule has 136 valence electrons. The van der Waals surface area contributed by atoms with Crippen molar-refractivity contribution >= 4 is 29.1 Å². The second-order valence-electron chi connectivity index (χ2n) is 6.07. The number of carbonyl (C=O) groups excluding carboxylic acids is 2. The predicted molar refractivity (Wildman–Crippen MR) is 100 cm³/mol. The molecule has 0 radical (unpaired) electrons. The largest absolute Gasteiger partial charge is 0.484 e. The van der Waals surface area contributed by atoms with Gasteiger partial charge in [0.2, 0.25) is 0 Å². The van der Waals surface area contributed by atoms with Gasteiger partial charge in [0.05, 0.1) is 5.56 Å². The van der Waals surface area contributed by atoms with E-state index in [0.29, 0.717) is 28.4 Å². The number of benzene rings is 2. The third-order valence-electron chi connectivity index (χ3n) is 4.09. The molecule has 1 atom stereocenters. The zero-order valence-corrected chi connectivity index (χ0v) is 15.3. The molecule has 0 aliphatic carbocycles. The fraction of sp³-hybridized carbons (Fsp3) is 0.263. The molecule has 2 aromatic rings. The highest BCUT2D eigenvalue weighted by atomic mass is 35.5. The summed E-state index contributed by atoms with van der Waals surface area (Å²) < 4.78 is 5.47. The van der Waals surface area contributed by atoms with Gasteiger partial charge >= 0.3 is 0 Å². The Balaban J connectivity index is 1.68. The van der Waals surface area contributed by atoms with Crippen LogP contribution in [0.2, 0.25) is 5.02 Å². The van der Waals surface area contributed by atoms with Crippen LogP contribution in [0.15, 0.2) is 42.5 Å². The Morgan fingerprint density at radius 1 is 1.27 bits per heavy atom. The Kier molecular flexibility index (Phi) is 5.32. The third-order valence-corrected chi connectivity index (χ3v) is 4.32. The fourth-order valence-electron chi connectivity index (χ4n) is 2.70. The molecule has 3 rings (SSSR count). The molecule has 7 heteroatoms. The van der Waals surface area contributed by atoms with Crippen molar-refractivity contribution in [3.63, 3.8) is 0 Å². The molecule has 0 saturated carbocycles. The normalized spacial score (nSPS) is 15.9. The van der Waals surface area contributed by atoms with Crippen LogP contribution in [0.25, 0.3) is 0 Å². The van der Waals surface area contributed by atoms with Gasteiger partial charge in [-0.15, -0.1) is 0 Å².